The molecule has 0 bridgehead atoms. The molecule has 1 heterocycles. The van der Waals surface area contributed by atoms with Gasteiger partial charge in [-0.25, -0.2) is 0 Å². The van der Waals surface area contributed by atoms with E-state index in [2.05, 4.69) is 18.2 Å². The van der Waals surface area contributed by atoms with E-state index in [9.17, 15) is 4.79 Å². The molecule has 0 aromatic heterocycles. The maximum Gasteiger partial charge on any atom is 0.199 e. The smallest absolute Gasteiger partial charge is 0.199 e. The van der Waals surface area contributed by atoms with Gasteiger partial charge in [0.2, 0.25) is 0 Å². The molecule has 0 saturated carbocycles. The molecule has 0 saturated heterocycles. The molecule has 3 heteroatoms. The Labute approximate surface area is 137 Å². The molecule has 23 heavy (non-hydrogen) atoms. The normalized spacial score (nSPS) is 20.1. The summed E-state index contributed by atoms with van der Waals surface area (Å²) in [5, 5.41) is 0. The van der Waals surface area contributed by atoms with Crippen molar-refractivity contribution in [3.63, 3.8) is 0 Å². The summed E-state index contributed by atoms with van der Waals surface area (Å²) < 4.78 is 11.7. The van der Waals surface area contributed by atoms with Crippen LogP contribution in [0, 0.1) is 27.7 Å². The van der Waals surface area contributed by atoms with E-state index in [0.29, 0.717) is 11.3 Å². The average Bonchev–Trinajstić information content (AvgIpc) is 2.51. The molecule has 0 fully saturated rings. The molecule has 0 aliphatic carbocycles. The average molecular weight is 310 g/mol. The molecule has 2 aromatic rings. The van der Waals surface area contributed by atoms with Gasteiger partial charge >= 0.3 is 0 Å². The highest BCUT2D eigenvalue weighted by atomic mass is 16.5. The van der Waals surface area contributed by atoms with Crippen molar-refractivity contribution >= 4 is 5.78 Å². The van der Waals surface area contributed by atoms with Crippen LogP contribution in [0.1, 0.15) is 44.3 Å². The number of fused-ring (bicyclic) bond motifs is 1. The van der Waals surface area contributed by atoms with Gasteiger partial charge in [0, 0.05) is 7.11 Å². The van der Waals surface area contributed by atoms with Crippen LogP contribution in [-0.4, -0.2) is 19.0 Å². The van der Waals surface area contributed by atoms with E-state index in [-0.39, 0.29) is 5.78 Å². The Balaban J connectivity index is 2.13. The predicted octanol–water partition coefficient (Wildman–Crippen LogP) is 4.25. The third kappa shape index (κ3) is 2.66. The van der Waals surface area contributed by atoms with Crippen molar-refractivity contribution in [3.8, 4) is 5.75 Å². The van der Waals surface area contributed by atoms with Gasteiger partial charge in [-0.3, -0.25) is 4.79 Å². The lowest BCUT2D eigenvalue weighted by Crippen LogP contribution is -2.38. The Morgan fingerprint density at radius 2 is 1.65 bits per heavy atom. The second kappa shape index (κ2) is 5.82. The minimum Gasteiger partial charge on any atom is -0.482 e. The van der Waals surface area contributed by atoms with Crippen LogP contribution in [-0.2, 0) is 4.74 Å². The Kier molecular flexibility index (Phi) is 3.99. The fourth-order valence-corrected chi connectivity index (χ4v) is 3.09. The molecule has 3 nitrogen and oxygen atoms in total. The zero-order chi connectivity index (χ0) is 16.7. The first-order chi connectivity index (χ1) is 10.9. The van der Waals surface area contributed by atoms with Crippen LogP contribution in [0.15, 0.2) is 30.3 Å². The fourth-order valence-electron chi connectivity index (χ4n) is 3.09. The van der Waals surface area contributed by atoms with Gasteiger partial charge in [0.05, 0.1) is 5.56 Å². The summed E-state index contributed by atoms with van der Waals surface area (Å²) in [5.74, 6) is 0.639. The quantitative estimate of drug-likeness (QED) is 0.832. The van der Waals surface area contributed by atoms with Gasteiger partial charge in [0.25, 0.3) is 0 Å². The highest BCUT2D eigenvalue weighted by Gasteiger charge is 2.39. The second-order valence-electron chi connectivity index (χ2n) is 6.35. The molecule has 2 atom stereocenters. The molecular weight excluding hydrogens is 288 g/mol. The van der Waals surface area contributed by atoms with Crippen LogP contribution in [0.5, 0.6) is 5.75 Å². The lowest BCUT2D eigenvalue weighted by Gasteiger charge is -2.33. The van der Waals surface area contributed by atoms with Gasteiger partial charge in [0.1, 0.15) is 5.75 Å². The van der Waals surface area contributed by atoms with Gasteiger partial charge in [0.15, 0.2) is 18.0 Å². The number of hydrogen-bond acceptors (Lipinski definition) is 3. The molecule has 2 unspecified atom stereocenters. The topological polar surface area (TPSA) is 35.5 Å². The van der Waals surface area contributed by atoms with Gasteiger partial charge in [-0.1, -0.05) is 23.8 Å². The summed E-state index contributed by atoms with van der Waals surface area (Å²) >= 11 is 0. The molecule has 0 spiro atoms. The minimum absolute atomic E-state index is 0.0113. The summed E-state index contributed by atoms with van der Waals surface area (Å²) in [6.45, 7) is 8.10. The first-order valence-electron chi connectivity index (χ1n) is 7.84. The van der Waals surface area contributed by atoms with Crippen molar-refractivity contribution in [3.05, 3.63) is 63.7 Å². The third-order valence-corrected chi connectivity index (χ3v) is 4.64. The lowest BCUT2D eigenvalue weighted by molar-refractivity contribution is -0.000862. The van der Waals surface area contributed by atoms with E-state index in [0.717, 1.165) is 27.8 Å². The standard InChI is InChI=1S/C20H22O3/c1-11-6-7-12(2)15(8-11)19-20(22-5)18(21)16-9-13(3)14(4)10-17(16)23-19/h6-10,19-20H,1-5H3. The van der Waals surface area contributed by atoms with Crippen LogP contribution >= 0.6 is 0 Å². The number of ether oxygens (including phenoxy) is 2. The number of methoxy groups -OCH3 is 1. The minimum atomic E-state index is -0.620. The Bertz CT molecular complexity index is 777. The van der Waals surface area contributed by atoms with E-state index in [1.54, 1.807) is 7.11 Å². The molecule has 1 aliphatic rings. The maximum atomic E-state index is 12.9. The molecule has 0 N–H and O–H groups in total. The fraction of sp³-hybridized carbons (Fsp3) is 0.350. The van der Waals surface area contributed by atoms with Crippen LogP contribution in [0.4, 0.5) is 0 Å². The Morgan fingerprint density at radius 1 is 0.957 bits per heavy atom. The SMILES string of the molecule is COC1C(=O)c2cc(C)c(C)cc2OC1c1cc(C)ccc1C. The molecule has 2 aromatic carbocycles. The van der Waals surface area contributed by atoms with Crippen LogP contribution < -0.4 is 4.74 Å². The number of carbonyl (C=O) groups excluding carboxylic acids is 1. The molecule has 0 amide bonds. The molecular formula is C20H22O3. The second-order valence-corrected chi connectivity index (χ2v) is 6.35. The monoisotopic (exact) mass is 310 g/mol. The molecule has 120 valence electrons. The number of benzene rings is 2. The Hall–Kier alpha value is -2.13. The number of hydrogen-bond donors (Lipinski definition) is 0. The maximum absolute atomic E-state index is 12.9. The van der Waals surface area contributed by atoms with E-state index in [4.69, 9.17) is 9.47 Å². The summed E-state index contributed by atoms with van der Waals surface area (Å²) in [5.41, 5.74) is 6.06. The highest BCUT2D eigenvalue weighted by molar-refractivity contribution is 6.03. The summed E-state index contributed by atoms with van der Waals surface area (Å²) in [7, 11) is 1.57. The first kappa shape index (κ1) is 15.8. The lowest BCUT2D eigenvalue weighted by atomic mass is 9.89. The number of ketones is 1. The zero-order valence-electron chi connectivity index (χ0n) is 14.3. The summed E-state index contributed by atoms with van der Waals surface area (Å²) in [6.07, 6.45) is -1.04. The number of Topliss-reactive ketones (excluding diaryl/α,β-unsaturated/α-hetero) is 1. The van der Waals surface area contributed by atoms with E-state index in [1.807, 2.05) is 39.8 Å². The highest BCUT2D eigenvalue weighted by Crippen LogP contribution is 2.38. The number of carbonyl (C=O) groups is 1. The first-order valence-corrected chi connectivity index (χ1v) is 7.84. The van der Waals surface area contributed by atoms with Crippen molar-refractivity contribution in [2.75, 3.05) is 7.11 Å². The van der Waals surface area contributed by atoms with E-state index in [1.165, 1.54) is 0 Å². The van der Waals surface area contributed by atoms with Gasteiger partial charge < -0.3 is 9.47 Å². The van der Waals surface area contributed by atoms with Gasteiger partial charge in [-0.2, -0.15) is 0 Å². The Morgan fingerprint density at radius 3 is 2.35 bits per heavy atom. The van der Waals surface area contributed by atoms with Crippen LogP contribution in [0.2, 0.25) is 0 Å². The molecule has 0 radical (unpaired) electrons. The van der Waals surface area contributed by atoms with E-state index >= 15 is 0 Å². The third-order valence-electron chi connectivity index (χ3n) is 4.64. The summed E-state index contributed by atoms with van der Waals surface area (Å²) in [4.78, 5) is 12.9. The van der Waals surface area contributed by atoms with Crippen molar-refractivity contribution in [1.82, 2.24) is 0 Å². The molecule has 3 rings (SSSR count). The summed E-state index contributed by atoms with van der Waals surface area (Å²) in [6, 6.07) is 10.0. The predicted molar refractivity (Wildman–Crippen MR) is 90.3 cm³/mol. The van der Waals surface area contributed by atoms with Crippen LogP contribution in [0.3, 0.4) is 0 Å². The zero-order valence-corrected chi connectivity index (χ0v) is 14.3. The van der Waals surface area contributed by atoms with Gasteiger partial charge in [-0.05, 0) is 62.1 Å². The van der Waals surface area contributed by atoms with Crippen molar-refractivity contribution in [1.29, 1.82) is 0 Å². The van der Waals surface area contributed by atoms with Crippen LogP contribution in [0.25, 0.3) is 0 Å². The largest absolute Gasteiger partial charge is 0.482 e. The van der Waals surface area contributed by atoms with Gasteiger partial charge in [-0.15, -0.1) is 0 Å². The van der Waals surface area contributed by atoms with Crippen molar-refractivity contribution < 1.29 is 14.3 Å². The number of aryl methyl sites for hydroxylation is 4. The van der Waals surface area contributed by atoms with Crippen molar-refractivity contribution in [2.24, 2.45) is 0 Å². The van der Waals surface area contributed by atoms with E-state index < -0.39 is 12.2 Å². The van der Waals surface area contributed by atoms with Crippen molar-refractivity contribution in [2.45, 2.75) is 39.9 Å². The molecule has 1 aliphatic heterocycles. The number of rotatable bonds is 2.